The maximum atomic E-state index is 11.8. The zero-order valence-corrected chi connectivity index (χ0v) is 13.7. The van der Waals surface area contributed by atoms with Crippen molar-refractivity contribution in [2.24, 2.45) is 35.0 Å². The highest BCUT2D eigenvalue weighted by Crippen LogP contribution is 2.62. The zero-order valence-electron chi connectivity index (χ0n) is 13.7. The van der Waals surface area contributed by atoms with Crippen LogP contribution < -0.4 is 0 Å². The first kappa shape index (κ1) is 13.8. The molecule has 2 fully saturated rings. The maximum Gasteiger partial charge on any atom is 0.155 e. The summed E-state index contributed by atoms with van der Waals surface area (Å²) in [5, 5.41) is 0. The van der Waals surface area contributed by atoms with E-state index in [4.69, 9.17) is 0 Å². The van der Waals surface area contributed by atoms with Crippen molar-refractivity contribution < 1.29 is 4.79 Å². The number of carbonyl (C=O) groups excluding carboxylic acids is 1. The number of ketones is 1. The molecular formula is C20H28O. The van der Waals surface area contributed by atoms with Crippen LogP contribution in [-0.2, 0) is 4.79 Å². The normalized spacial score (nSPS) is 48.9. The SMILES string of the molecule is C[C@@H]1CC2=CC(=O)CC[C@@H]2[C@@H]2[C@@H]1C1=CCC[C@@]1(C)C[C@@H]2C. The molecule has 0 bridgehead atoms. The molecule has 0 amide bonds. The second kappa shape index (κ2) is 4.57. The van der Waals surface area contributed by atoms with E-state index in [1.165, 1.54) is 24.8 Å². The third kappa shape index (κ3) is 1.92. The Morgan fingerprint density at radius 3 is 2.86 bits per heavy atom. The first-order valence-corrected chi connectivity index (χ1v) is 8.93. The minimum Gasteiger partial charge on any atom is -0.295 e. The van der Waals surface area contributed by atoms with E-state index in [2.05, 4.69) is 26.8 Å². The van der Waals surface area contributed by atoms with Gasteiger partial charge in [-0.1, -0.05) is 38.0 Å². The number of hydrogen-bond acceptors (Lipinski definition) is 1. The van der Waals surface area contributed by atoms with Crippen molar-refractivity contribution in [3.05, 3.63) is 23.3 Å². The Bertz CT molecular complexity index is 540. The molecule has 0 spiro atoms. The van der Waals surface area contributed by atoms with Crippen molar-refractivity contribution in [2.75, 3.05) is 0 Å². The minimum atomic E-state index is 0.375. The summed E-state index contributed by atoms with van der Waals surface area (Å²) < 4.78 is 0. The fourth-order valence-corrected chi connectivity index (χ4v) is 6.45. The summed E-state index contributed by atoms with van der Waals surface area (Å²) >= 11 is 0. The Kier molecular flexibility index (Phi) is 3.00. The Balaban J connectivity index is 1.76. The summed E-state index contributed by atoms with van der Waals surface area (Å²) in [4.78, 5) is 11.8. The molecule has 6 atom stereocenters. The number of hydrogen-bond donors (Lipinski definition) is 0. The van der Waals surface area contributed by atoms with Gasteiger partial charge in [-0.05, 0) is 73.2 Å². The van der Waals surface area contributed by atoms with Crippen molar-refractivity contribution in [3.63, 3.8) is 0 Å². The molecule has 1 nitrogen and oxygen atoms in total. The average Bonchev–Trinajstić information content (AvgIpc) is 2.79. The van der Waals surface area contributed by atoms with Gasteiger partial charge in [0.05, 0.1) is 0 Å². The summed E-state index contributed by atoms with van der Waals surface area (Å²) in [5.41, 5.74) is 3.78. The highest BCUT2D eigenvalue weighted by atomic mass is 16.1. The van der Waals surface area contributed by atoms with Crippen molar-refractivity contribution in [1.29, 1.82) is 0 Å². The van der Waals surface area contributed by atoms with Crippen LogP contribution in [0.1, 0.15) is 59.3 Å². The largest absolute Gasteiger partial charge is 0.295 e. The van der Waals surface area contributed by atoms with E-state index in [1.807, 2.05) is 6.08 Å². The van der Waals surface area contributed by atoms with E-state index < -0.39 is 0 Å². The van der Waals surface area contributed by atoms with Crippen molar-refractivity contribution in [1.82, 2.24) is 0 Å². The fraction of sp³-hybridized carbons (Fsp3) is 0.750. The van der Waals surface area contributed by atoms with E-state index in [-0.39, 0.29) is 0 Å². The van der Waals surface area contributed by atoms with Gasteiger partial charge in [-0.2, -0.15) is 0 Å². The molecule has 4 aliphatic carbocycles. The van der Waals surface area contributed by atoms with Gasteiger partial charge < -0.3 is 0 Å². The van der Waals surface area contributed by atoms with Crippen molar-refractivity contribution in [3.8, 4) is 0 Å². The molecule has 0 aliphatic heterocycles. The van der Waals surface area contributed by atoms with E-state index >= 15 is 0 Å². The standard InChI is InChI=1S/C20H28O/c1-12-9-14-10-15(21)6-7-16(14)18-13(2)11-20(3)8-4-5-17(20)19(12)18/h5,10,12-13,16,18-19H,4,6-9,11H2,1-3H3/t12-,13+,16+,18-,19+,20+/m1/s1. The summed E-state index contributed by atoms with van der Waals surface area (Å²) in [7, 11) is 0. The van der Waals surface area contributed by atoms with Crippen LogP contribution in [0.3, 0.4) is 0 Å². The van der Waals surface area contributed by atoms with Gasteiger partial charge in [0.1, 0.15) is 0 Å². The van der Waals surface area contributed by atoms with Crippen LogP contribution >= 0.6 is 0 Å². The lowest BCUT2D eigenvalue weighted by atomic mass is 9.49. The summed E-state index contributed by atoms with van der Waals surface area (Å²) in [6.07, 6.45) is 11.7. The third-order valence-corrected chi connectivity index (χ3v) is 7.12. The predicted octanol–water partition coefficient (Wildman–Crippen LogP) is 4.93. The molecule has 0 heterocycles. The summed E-state index contributed by atoms with van der Waals surface area (Å²) in [5.74, 6) is 4.18. The molecular weight excluding hydrogens is 256 g/mol. The molecule has 0 aromatic carbocycles. The van der Waals surface area contributed by atoms with E-state index in [0.717, 1.165) is 42.9 Å². The Morgan fingerprint density at radius 2 is 2.05 bits per heavy atom. The van der Waals surface area contributed by atoms with Crippen LogP contribution in [0, 0.1) is 35.0 Å². The molecule has 0 radical (unpaired) electrons. The van der Waals surface area contributed by atoms with Crippen LogP contribution in [0.25, 0.3) is 0 Å². The molecule has 1 heteroatoms. The lowest BCUT2D eigenvalue weighted by molar-refractivity contribution is -0.116. The van der Waals surface area contributed by atoms with Crippen LogP contribution in [0.4, 0.5) is 0 Å². The van der Waals surface area contributed by atoms with Gasteiger partial charge in [0, 0.05) is 6.42 Å². The number of carbonyl (C=O) groups is 1. The lowest BCUT2D eigenvalue weighted by Gasteiger charge is -2.55. The van der Waals surface area contributed by atoms with Gasteiger partial charge in [-0.15, -0.1) is 0 Å². The first-order valence-electron chi connectivity index (χ1n) is 8.93. The molecule has 21 heavy (non-hydrogen) atoms. The van der Waals surface area contributed by atoms with Gasteiger partial charge in [0.15, 0.2) is 5.78 Å². The highest BCUT2D eigenvalue weighted by Gasteiger charge is 2.53. The summed E-state index contributed by atoms with van der Waals surface area (Å²) in [6, 6.07) is 0. The van der Waals surface area contributed by atoms with Gasteiger partial charge in [-0.3, -0.25) is 4.79 Å². The van der Waals surface area contributed by atoms with E-state index in [9.17, 15) is 4.79 Å². The molecule has 2 saturated carbocycles. The molecule has 0 aromatic heterocycles. The van der Waals surface area contributed by atoms with E-state index in [0.29, 0.717) is 17.1 Å². The van der Waals surface area contributed by atoms with Crippen molar-refractivity contribution >= 4 is 5.78 Å². The van der Waals surface area contributed by atoms with Gasteiger partial charge in [0.2, 0.25) is 0 Å². The fourth-order valence-electron chi connectivity index (χ4n) is 6.45. The number of fused-ring (bicyclic) bond motifs is 5. The zero-order chi connectivity index (χ0) is 14.8. The van der Waals surface area contributed by atoms with Crippen LogP contribution in [0.2, 0.25) is 0 Å². The predicted molar refractivity (Wildman–Crippen MR) is 85.8 cm³/mol. The van der Waals surface area contributed by atoms with Gasteiger partial charge >= 0.3 is 0 Å². The quantitative estimate of drug-likeness (QED) is 0.576. The number of allylic oxidation sites excluding steroid dienone is 4. The Morgan fingerprint density at radius 1 is 1.24 bits per heavy atom. The first-order chi connectivity index (χ1) is 9.99. The topological polar surface area (TPSA) is 17.1 Å². The highest BCUT2D eigenvalue weighted by molar-refractivity contribution is 5.91. The Hall–Kier alpha value is -0.850. The molecule has 4 rings (SSSR count). The van der Waals surface area contributed by atoms with Crippen LogP contribution in [0.5, 0.6) is 0 Å². The molecule has 4 aliphatic rings. The Labute approximate surface area is 128 Å². The average molecular weight is 284 g/mol. The second-order valence-corrected chi connectivity index (χ2v) is 8.56. The van der Waals surface area contributed by atoms with E-state index in [1.54, 1.807) is 5.57 Å². The number of rotatable bonds is 0. The molecule has 0 unspecified atom stereocenters. The molecule has 0 N–H and O–H groups in total. The van der Waals surface area contributed by atoms with Crippen LogP contribution in [-0.4, -0.2) is 5.78 Å². The van der Waals surface area contributed by atoms with Crippen LogP contribution in [0.15, 0.2) is 23.3 Å². The smallest absolute Gasteiger partial charge is 0.155 e. The van der Waals surface area contributed by atoms with Gasteiger partial charge in [0.25, 0.3) is 0 Å². The molecule has 0 aromatic rings. The molecule has 0 saturated heterocycles. The monoisotopic (exact) mass is 284 g/mol. The third-order valence-electron chi connectivity index (χ3n) is 7.12. The minimum absolute atomic E-state index is 0.375. The second-order valence-electron chi connectivity index (χ2n) is 8.56. The van der Waals surface area contributed by atoms with Crippen molar-refractivity contribution in [2.45, 2.75) is 59.3 Å². The molecule has 114 valence electrons. The lowest BCUT2D eigenvalue weighted by Crippen LogP contribution is -2.48. The maximum absolute atomic E-state index is 11.8. The summed E-state index contributed by atoms with van der Waals surface area (Å²) in [6.45, 7) is 7.44. The van der Waals surface area contributed by atoms with Gasteiger partial charge in [-0.25, -0.2) is 0 Å².